The smallest absolute Gasteiger partial charge is 0.255 e. The molecule has 0 aliphatic carbocycles. The molecule has 0 bridgehead atoms. The maximum absolute atomic E-state index is 10.8. The molecule has 0 saturated carbocycles. The van der Waals surface area contributed by atoms with Gasteiger partial charge in [-0.1, -0.05) is 0 Å². The van der Waals surface area contributed by atoms with Gasteiger partial charge in [0.25, 0.3) is 5.91 Å². The molecule has 21 heavy (non-hydrogen) atoms. The van der Waals surface area contributed by atoms with Crippen molar-refractivity contribution in [2.24, 2.45) is 16.6 Å². The first kappa shape index (κ1) is 17.2. The number of halogens is 1. The molecule has 0 saturated heterocycles. The lowest BCUT2D eigenvalue weighted by Gasteiger charge is -2.13. The third kappa shape index (κ3) is 5.96. The van der Waals surface area contributed by atoms with Crippen molar-refractivity contribution in [2.45, 2.75) is 6.92 Å². The lowest BCUT2D eigenvalue weighted by atomic mass is 10.2. The summed E-state index contributed by atoms with van der Waals surface area (Å²) in [7, 11) is 0. The normalized spacial score (nSPS) is 10.4. The standard InChI is InChI=1S/C12H15BrN4O3S/c1-2-19-9-4-7(5-16-17-12(15)21)3-8(13)11(9)20-6-10(14)18/h3-5H,2,6H2,1H3,(H2,14,18)(H3,15,17,21). The van der Waals surface area contributed by atoms with Crippen molar-refractivity contribution < 1.29 is 14.3 Å². The first-order chi connectivity index (χ1) is 9.93. The lowest BCUT2D eigenvalue weighted by molar-refractivity contribution is -0.119. The molecular formula is C12H15BrN4O3S. The number of nitrogens with one attached hydrogen (secondary N) is 1. The molecule has 0 atom stereocenters. The topological polar surface area (TPSA) is 112 Å². The maximum atomic E-state index is 10.8. The van der Waals surface area contributed by atoms with Gasteiger partial charge in [0, 0.05) is 0 Å². The minimum atomic E-state index is -0.573. The van der Waals surface area contributed by atoms with Crippen molar-refractivity contribution in [3.8, 4) is 11.5 Å². The number of hydrazone groups is 1. The Labute approximate surface area is 135 Å². The van der Waals surface area contributed by atoms with Crippen molar-refractivity contribution >= 4 is 45.4 Å². The van der Waals surface area contributed by atoms with Gasteiger partial charge in [-0.05, 0) is 52.8 Å². The van der Waals surface area contributed by atoms with Gasteiger partial charge in [0.15, 0.2) is 23.2 Å². The summed E-state index contributed by atoms with van der Waals surface area (Å²) >= 11 is 7.99. The Balaban J connectivity index is 3.02. The van der Waals surface area contributed by atoms with Crippen LogP contribution in [0, 0.1) is 0 Å². The molecule has 0 aromatic heterocycles. The maximum Gasteiger partial charge on any atom is 0.255 e. The number of nitrogens with zero attached hydrogens (tertiary/aromatic N) is 1. The predicted molar refractivity (Wildman–Crippen MR) is 87.5 cm³/mol. The molecule has 1 aromatic rings. The largest absolute Gasteiger partial charge is 0.490 e. The summed E-state index contributed by atoms with van der Waals surface area (Å²) in [5.74, 6) is 0.288. The van der Waals surface area contributed by atoms with Crippen LogP contribution in [-0.4, -0.2) is 30.4 Å². The molecule has 114 valence electrons. The highest BCUT2D eigenvalue weighted by Crippen LogP contribution is 2.36. The van der Waals surface area contributed by atoms with Crippen LogP contribution in [-0.2, 0) is 4.79 Å². The van der Waals surface area contributed by atoms with Gasteiger partial charge >= 0.3 is 0 Å². The van der Waals surface area contributed by atoms with Crippen LogP contribution in [0.15, 0.2) is 21.7 Å². The van der Waals surface area contributed by atoms with Crippen LogP contribution in [0.2, 0.25) is 0 Å². The Morgan fingerprint density at radius 3 is 2.76 bits per heavy atom. The molecule has 1 aromatic carbocycles. The molecule has 0 spiro atoms. The first-order valence-electron chi connectivity index (χ1n) is 5.90. The molecule has 1 rings (SSSR count). The van der Waals surface area contributed by atoms with Crippen LogP contribution in [0.5, 0.6) is 11.5 Å². The summed E-state index contributed by atoms with van der Waals surface area (Å²) in [5, 5.41) is 3.92. The predicted octanol–water partition coefficient (Wildman–Crippen LogP) is 0.879. The Morgan fingerprint density at radius 2 is 2.19 bits per heavy atom. The van der Waals surface area contributed by atoms with Crippen LogP contribution in [0.3, 0.4) is 0 Å². The van der Waals surface area contributed by atoms with Crippen LogP contribution in [0.1, 0.15) is 12.5 Å². The van der Waals surface area contributed by atoms with Gasteiger partial charge in [0.05, 0.1) is 17.3 Å². The number of ether oxygens (including phenoxy) is 2. The highest BCUT2D eigenvalue weighted by atomic mass is 79.9. The molecule has 0 aliphatic rings. The minimum absolute atomic E-state index is 0.0664. The number of nitrogens with two attached hydrogens (primary N) is 2. The third-order valence-corrected chi connectivity index (χ3v) is 2.76. The quantitative estimate of drug-likeness (QED) is 0.371. The van der Waals surface area contributed by atoms with Crippen molar-refractivity contribution in [2.75, 3.05) is 13.2 Å². The Hall–Kier alpha value is -1.87. The van der Waals surface area contributed by atoms with E-state index in [-0.39, 0.29) is 11.7 Å². The highest BCUT2D eigenvalue weighted by molar-refractivity contribution is 9.10. The Kier molecular flexibility index (Phi) is 6.89. The van der Waals surface area contributed by atoms with Gasteiger partial charge in [-0.3, -0.25) is 10.2 Å². The number of carbonyl (C=O) groups excluding carboxylic acids is 1. The molecule has 0 radical (unpaired) electrons. The highest BCUT2D eigenvalue weighted by Gasteiger charge is 2.12. The Bertz CT molecular complexity index is 566. The summed E-state index contributed by atoms with van der Waals surface area (Å²) in [6.07, 6.45) is 1.52. The second-order valence-electron chi connectivity index (χ2n) is 3.75. The molecular weight excluding hydrogens is 360 g/mol. The summed E-state index contributed by atoms with van der Waals surface area (Å²) in [6.45, 7) is 2.03. The van der Waals surface area contributed by atoms with E-state index in [1.165, 1.54) is 6.21 Å². The molecule has 0 heterocycles. The number of benzene rings is 1. The van der Waals surface area contributed by atoms with Gasteiger partial charge in [0.2, 0.25) is 0 Å². The zero-order valence-corrected chi connectivity index (χ0v) is 13.7. The number of amides is 1. The fourth-order valence-electron chi connectivity index (χ4n) is 1.38. The van der Waals surface area contributed by atoms with Crippen LogP contribution >= 0.6 is 28.1 Å². The second kappa shape index (κ2) is 8.42. The fourth-order valence-corrected chi connectivity index (χ4v) is 2.01. The second-order valence-corrected chi connectivity index (χ2v) is 5.05. The fraction of sp³-hybridized carbons (Fsp3) is 0.250. The summed E-state index contributed by atoms with van der Waals surface area (Å²) in [4.78, 5) is 10.8. The number of thiocarbonyl (C=S) groups is 1. The van der Waals surface area contributed by atoms with Crippen LogP contribution in [0.25, 0.3) is 0 Å². The third-order valence-electron chi connectivity index (χ3n) is 2.08. The van der Waals surface area contributed by atoms with E-state index in [0.717, 1.165) is 5.56 Å². The van der Waals surface area contributed by atoms with Crippen molar-refractivity contribution in [3.63, 3.8) is 0 Å². The van der Waals surface area contributed by atoms with E-state index in [4.69, 9.17) is 20.9 Å². The van der Waals surface area contributed by atoms with E-state index in [9.17, 15) is 4.79 Å². The van der Waals surface area contributed by atoms with Crippen molar-refractivity contribution in [1.82, 2.24) is 5.43 Å². The molecule has 0 aliphatic heterocycles. The van der Waals surface area contributed by atoms with Crippen molar-refractivity contribution in [3.05, 3.63) is 22.2 Å². The van der Waals surface area contributed by atoms with Gasteiger partial charge < -0.3 is 20.9 Å². The van der Waals surface area contributed by atoms with E-state index >= 15 is 0 Å². The number of hydrogen-bond donors (Lipinski definition) is 3. The van der Waals surface area contributed by atoms with Gasteiger partial charge in [-0.15, -0.1) is 0 Å². The molecule has 7 nitrogen and oxygen atoms in total. The first-order valence-corrected chi connectivity index (χ1v) is 7.10. The Morgan fingerprint density at radius 1 is 1.48 bits per heavy atom. The zero-order valence-electron chi connectivity index (χ0n) is 11.3. The van der Waals surface area contributed by atoms with E-state index in [2.05, 4.69) is 38.7 Å². The molecule has 0 fully saturated rings. The lowest BCUT2D eigenvalue weighted by Crippen LogP contribution is -2.24. The number of primary amides is 1. The molecule has 9 heteroatoms. The minimum Gasteiger partial charge on any atom is -0.490 e. The van der Waals surface area contributed by atoms with E-state index in [1.54, 1.807) is 12.1 Å². The number of rotatable bonds is 7. The van der Waals surface area contributed by atoms with Gasteiger partial charge in [0.1, 0.15) is 0 Å². The average Bonchev–Trinajstić information content (AvgIpc) is 2.37. The van der Waals surface area contributed by atoms with Gasteiger partial charge in [-0.25, -0.2) is 0 Å². The van der Waals surface area contributed by atoms with Crippen LogP contribution < -0.4 is 26.4 Å². The monoisotopic (exact) mass is 374 g/mol. The SMILES string of the molecule is CCOc1cc(C=NNC(N)=S)cc(Br)c1OCC(N)=O. The van der Waals surface area contributed by atoms with E-state index in [0.29, 0.717) is 22.6 Å². The van der Waals surface area contributed by atoms with E-state index < -0.39 is 5.91 Å². The van der Waals surface area contributed by atoms with Crippen LogP contribution in [0.4, 0.5) is 0 Å². The van der Waals surface area contributed by atoms with E-state index in [1.807, 2.05) is 6.92 Å². The molecule has 0 unspecified atom stereocenters. The summed E-state index contributed by atoms with van der Waals surface area (Å²) < 4.78 is 11.4. The molecule has 1 amide bonds. The number of carbonyl (C=O) groups is 1. The van der Waals surface area contributed by atoms with Gasteiger partial charge in [-0.2, -0.15) is 5.10 Å². The average molecular weight is 375 g/mol. The molecule has 5 N–H and O–H groups in total. The summed E-state index contributed by atoms with van der Waals surface area (Å²) in [6, 6.07) is 3.44. The summed E-state index contributed by atoms with van der Waals surface area (Å²) in [5.41, 5.74) is 13.5. The zero-order chi connectivity index (χ0) is 15.8. The number of hydrogen-bond acceptors (Lipinski definition) is 5. The van der Waals surface area contributed by atoms with Crippen molar-refractivity contribution in [1.29, 1.82) is 0 Å².